The SMILES string of the molecule is CC(=O)OC[C@@H]1O[C@H](Oc2ccc(C(=O)Cc3ccc(Cl)cc3)c(O)c2)[C@H](OC(C)=O)[C@H](OC(C)=O)[C@H]1OC(C)=O. The quantitative estimate of drug-likeness (QED) is 0.244. The molecule has 1 aliphatic heterocycles. The fourth-order valence-electron chi connectivity index (χ4n) is 4.12. The highest BCUT2D eigenvalue weighted by atomic mass is 35.5. The number of aromatic hydroxyl groups is 1. The van der Waals surface area contributed by atoms with Crippen LogP contribution in [0.2, 0.25) is 5.02 Å². The molecule has 0 amide bonds. The van der Waals surface area contributed by atoms with Gasteiger partial charge < -0.3 is 33.5 Å². The third-order valence-corrected chi connectivity index (χ3v) is 6.00. The lowest BCUT2D eigenvalue weighted by atomic mass is 9.98. The van der Waals surface area contributed by atoms with Crippen LogP contribution in [0.25, 0.3) is 0 Å². The van der Waals surface area contributed by atoms with Crippen LogP contribution in [0.1, 0.15) is 43.6 Å². The summed E-state index contributed by atoms with van der Waals surface area (Å²) in [6.07, 6.45) is -6.93. The van der Waals surface area contributed by atoms with Crippen LogP contribution in [0.15, 0.2) is 42.5 Å². The molecule has 1 heterocycles. The molecule has 2 aromatic rings. The fourth-order valence-corrected chi connectivity index (χ4v) is 4.25. The van der Waals surface area contributed by atoms with Gasteiger partial charge in [0.1, 0.15) is 24.2 Å². The van der Waals surface area contributed by atoms with Crippen LogP contribution >= 0.6 is 11.6 Å². The van der Waals surface area contributed by atoms with E-state index in [0.717, 1.165) is 33.8 Å². The molecule has 41 heavy (non-hydrogen) atoms. The van der Waals surface area contributed by atoms with E-state index < -0.39 is 66.9 Å². The van der Waals surface area contributed by atoms with E-state index in [-0.39, 0.29) is 23.5 Å². The van der Waals surface area contributed by atoms with E-state index in [1.165, 1.54) is 12.1 Å². The molecule has 0 aliphatic carbocycles. The topological polar surface area (TPSA) is 161 Å². The molecule has 3 rings (SSSR count). The first kappa shape index (κ1) is 31.4. The third-order valence-electron chi connectivity index (χ3n) is 5.75. The van der Waals surface area contributed by atoms with E-state index in [1.807, 2.05) is 0 Å². The summed E-state index contributed by atoms with van der Waals surface area (Å²) in [5.41, 5.74) is 0.713. The van der Waals surface area contributed by atoms with Crippen LogP contribution in [0.3, 0.4) is 0 Å². The lowest BCUT2D eigenvalue weighted by Gasteiger charge is -2.43. The van der Waals surface area contributed by atoms with Crippen LogP contribution in [-0.2, 0) is 49.3 Å². The summed E-state index contributed by atoms with van der Waals surface area (Å²) in [4.78, 5) is 60.1. The third kappa shape index (κ3) is 8.92. The first-order valence-electron chi connectivity index (χ1n) is 12.4. The molecule has 0 saturated carbocycles. The molecule has 5 atom stereocenters. The van der Waals surface area contributed by atoms with Crippen molar-refractivity contribution in [2.24, 2.45) is 0 Å². The maximum atomic E-state index is 12.8. The number of Topliss-reactive ketones (excluding diaryl/α,β-unsaturated/α-hetero) is 1. The largest absolute Gasteiger partial charge is 0.507 e. The summed E-state index contributed by atoms with van der Waals surface area (Å²) < 4.78 is 32.8. The van der Waals surface area contributed by atoms with Gasteiger partial charge in [-0.2, -0.15) is 0 Å². The van der Waals surface area contributed by atoms with Crippen molar-refractivity contribution < 1.29 is 57.5 Å². The Bertz CT molecular complexity index is 1290. The van der Waals surface area contributed by atoms with Crippen molar-refractivity contribution in [2.45, 2.75) is 64.8 Å². The molecule has 0 spiro atoms. The van der Waals surface area contributed by atoms with Gasteiger partial charge in [-0.15, -0.1) is 0 Å². The van der Waals surface area contributed by atoms with Gasteiger partial charge in [0.15, 0.2) is 18.0 Å². The Morgan fingerprint density at radius 3 is 1.95 bits per heavy atom. The maximum absolute atomic E-state index is 12.8. The van der Waals surface area contributed by atoms with Crippen molar-refractivity contribution >= 4 is 41.3 Å². The zero-order chi connectivity index (χ0) is 30.3. The normalized spacial score (nSPS) is 21.7. The van der Waals surface area contributed by atoms with Gasteiger partial charge >= 0.3 is 23.9 Å². The Labute approximate surface area is 240 Å². The molecule has 220 valence electrons. The highest BCUT2D eigenvalue weighted by molar-refractivity contribution is 6.30. The molecule has 0 unspecified atom stereocenters. The Balaban J connectivity index is 1.90. The molecule has 1 fully saturated rings. The minimum Gasteiger partial charge on any atom is -0.507 e. The van der Waals surface area contributed by atoms with Gasteiger partial charge in [0, 0.05) is 45.2 Å². The Morgan fingerprint density at radius 2 is 1.39 bits per heavy atom. The lowest BCUT2D eigenvalue weighted by Crippen LogP contribution is -2.63. The summed E-state index contributed by atoms with van der Waals surface area (Å²) in [6.45, 7) is 4.03. The van der Waals surface area contributed by atoms with Gasteiger partial charge in [-0.3, -0.25) is 24.0 Å². The molecule has 0 bridgehead atoms. The van der Waals surface area contributed by atoms with Crippen molar-refractivity contribution in [1.29, 1.82) is 0 Å². The maximum Gasteiger partial charge on any atom is 0.303 e. The standard InChI is InChI=1S/C28H29ClO12/c1-14(30)36-13-24-25(37-15(2)31)26(38-16(3)32)27(39-17(4)33)28(41-24)40-20-9-10-21(23(35)12-20)22(34)11-18-5-7-19(29)8-6-18/h5-10,12,24-28,35H,11,13H2,1-4H3/t24-,25-,26+,27+,28-/m0/s1. The van der Waals surface area contributed by atoms with Gasteiger partial charge in [0.25, 0.3) is 0 Å². The monoisotopic (exact) mass is 592 g/mol. The number of phenolic OH excluding ortho intramolecular Hbond substituents is 1. The summed E-state index contributed by atoms with van der Waals surface area (Å²) in [5, 5.41) is 11.1. The lowest BCUT2D eigenvalue weighted by molar-refractivity contribution is -0.288. The summed E-state index contributed by atoms with van der Waals surface area (Å²) in [5.74, 6) is -3.80. The molecule has 0 aromatic heterocycles. The van der Waals surface area contributed by atoms with E-state index in [1.54, 1.807) is 24.3 Å². The van der Waals surface area contributed by atoms with Gasteiger partial charge in [-0.05, 0) is 29.8 Å². The second-order valence-corrected chi connectivity index (χ2v) is 9.53. The molecule has 1 N–H and O–H groups in total. The molecular formula is C28H29ClO12. The average molecular weight is 593 g/mol. The molecular weight excluding hydrogens is 564 g/mol. The fraction of sp³-hybridized carbons (Fsp3) is 0.393. The molecule has 13 heteroatoms. The second-order valence-electron chi connectivity index (χ2n) is 9.09. The van der Waals surface area contributed by atoms with Crippen LogP contribution in [0.4, 0.5) is 0 Å². The van der Waals surface area contributed by atoms with Crippen LogP contribution < -0.4 is 4.74 Å². The van der Waals surface area contributed by atoms with Crippen molar-refractivity contribution in [2.75, 3.05) is 6.61 Å². The zero-order valence-corrected chi connectivity index (χ0v) is 23.4. The van der Waals surface area contributed by atoms with E-state index in [4.69, 9.17) is 40.0 Å². The van der Waals surface area contributed by atoms with Crippen LogP contribution in [0, 0.1) is 0 Å². The minimum atomic E-state index is -1.49. The molecule has 1 saturated heterocycles. The Kier molecular flexibility index (Phi) is 10.7. The number of carbonyl (C=O) groups excluding carboxylic acids is 5. The number of phenols is 1. The summed E-state index contributed by atoms with van der Waals surface area (Å²) in [7, 11) is 0. The Morgan fingerprint density at radius 1 is 0.805 bits per heavy atom. The number of ketones is 1. The van der Waals surface area contributed by atoms with Gasteiger partial charge in [0.2, 0.25) is 12.4 Å². The van der Waals surface area contributed by atoms with E-state index in [9.17, 15) is 29.1 Å². The van der Waals surface area contributed by atoms with Gasteiger partial charge in [-0.25, -0.2) is 0 Å². The first-order valence-corrected chi connectivity index (χ1v) is 12.8. The smallest absolute Gasteiger partial charge is 0.303 e. The van der Waals surface area contributed by atoms with Crippen molar-refractivity contribution in [3.63, 3.8) is 0 Å². The number of rotatable bonds is 10. The minimum absolute atomic E-state index is 0.00459. The summed E-state index contributed by atoms with van der Waals surface area (Å²) in [6, 6.07) is 10.6. The predicted octanol–water partition coefficient (Wildman–Crippen LogP) is 2.93. The summed E-state index contributed by atoms with van der Waals surface area (Å²) >= 11 is 5.89. The molecule has 2 aromatic carbocycles. The second kappa shape index (κ2) is 14.0. The first-order chi connectivity index (χ1) is 19.3. The van der Waals surface area contributed by atoms with E-state index in [2.05, 4.69) is 0 Å². The van der Waals surface area contributed by atoms with Crippen molar-refractivity contribution in [3.05, 3.63) is 58.6 Å². The number of hydrogen-bond acceptors (Lipinski definition) is 12. The van der Waals surface area contributed by atoms with E-state index in [0.29, 0.717) is 10.6 Å². The average Bonchev–Trinajstić information content (AvgIpc) is 2.87. The molecule has 1 aliphatic rings. The zero-order valence-electron chi connectivity index (χ0n) is 22.7. The predicted molar refractivity (Wildman–Crippen MR) is 140 cm³/mol. The van der Waals surface area contributed by atoms with Crippen LogP contribution in [0.5, 0.6) is 11.5 Å². The highest BCUT2D eigenvalue weighted by Crippen LogP contribution is 2.33. The number of hydrogen-bond donors (Lipinski definition) is 1. The highest BCUT2D eigenvalue weighted by Gasteiger charge is 2.53. The number of benzene rings is 2. The Hall–Kier alpha value is -4.16. The molecule has 0 radical (unpaired) electrons. The number of esters is 4. The van der Waals surface area contributed by atoms with E-state index >= 15 is 0 Å². The molecule has 12 nitrogen and oxygen atoms in total. The van der Waals surface area contributed by atoms with Gasteiger partial charge in [-0.1, -0.05) is 23.7 Å². The number of carbonyl (C=O) groups is 5. The van der Waals surface area contributed by atoms with Crippen molar-refractivity contribution in [3.8, 4) is 11.5 Å². The van der Waals surface area contributed by atoms with Crippen molar-refractivity contribution in [1.82, 2.24) is 0 Å². The number of ether oxygens (including phenoxy) is 6. The van der Waals surface area contributed by atoms with Gasteiger partial charge in [0.05, 0.1) is 5.56 Å². The number of halogens is 1. The van der Waals surface area contributed by atoms with Crippen LogP contribution in [-0.4, -0.2) is 72.1 Å².